The fraction of sp³-hybridized carbons (Fsp3) is 0.250. The van der Waals surface area contributed by atoms with E-state index in [0.29, 0.717) is 22.9 Å². The Hall–Kier alpha value is -1.55. The van der Waals surface area contributed by atoms with Crippen LogP contribution >= 0.6 is 11.6 Å². The molecule has 2 N–H and O–H groups in total. The summed E-state index contributed by atoms with van der Waals surface area (Å²) in [5.74, 6) is 1.23. The molecule has 0 saturated carbocycles. The summed E-state index contributed by atoms with van der Waals surface area (Å²) in [6, 6.07) is 12.7. The van der Waals surface area contributed by atoms with Gasteiger partial charge in [0.05, 0.1) is 11.1 Å². The lowest BCUT2D eigenvalue weighted by Crippen LogP contribution is -1.93. The number of benzene rings is 2. The van der Waals surface area contributed by atoms with Crippen molar-refractivity contribution in [2.75, 3.05) is 6.61 Å². The molecule has 0 aliphatic rings. The normalized spacial score (nSPS) is 12.2. The zero-order valence-electron chi connectivity index (χ0n) is 11.2. The first-order valence-electron chi connectivity index (χ1n) is 6.45. The van der Waals surface area contributed by atoms with Crippen molar-refractivity contribution in [2.24, 2.45) is 0 Å². The van der Waals surface area contributed by atoms with Crippen LogP contribution in [0.25, 0.3) is 0 Å². The van der Waals surface area contributed by atoms with E-state index in [1.807, 2.05) is 24.3 Å². The number of aliphatic hydroxyl groups is 2. The molecular formula is C16H17ClO3. The van der Waals surface area contributed by atoms with Gasteiger partial charge in [0.25, 0.3) is 0 Å². The molecule has 0 radical (unpaired) electrons. The lowest BCUT2D eigenvalue weighted by atomic mass is 10.1. The molecular weight excluding hydrogens is 276 g/mol. The maximum Gasteiger partial charge on any atom is 0.146 e. The Balaban J connectivity index is 2.13. The standard InChI is InChI=1S/C16H17ClO3/c1-11(19)13-4-7-16(15(17)10-13)20-14-5-2-12(3-6-14)8-9-18/h2-7,10-11,18-19H,8-9H2,1H3/t11-/m1/s1. The molecule has 0 amide bonds. The highest BCUT2D eigenvalue weighted by atomic mass is 35.5. The molecule has 0 aromatic heterocycles. The molecule has 2 aromatic rings. The fourth-order valence-corrected chi connectivity index (χ4v) is 2.07. The van der Waals surface area contributed by atoms with E-state index in [1.165, 1.54) is 0 Å². The third-order valence-corrected chi connectivity index (χ3v) is 3.29. The fourth-order valence-electron chi connectivity index (χ4n) is 1.84. The third-order valence-electron chi connectivity index (χ3n) is 2.99. The quantitative estimate of drug-likeness (QED) is 0.883. The predicted molar refractivity (Wildman–Crippen MR) is 79.4 cm³/mol. The molecule has 0 fully saturated rings. The minimum atomic E-state index is -0.556. The first-order valence-corrected chi connectivity index (χ1v) is 6.83. The van der Waals surface area contributed by atoms with E-state index in [2.05, 4.69) is 0 Å². The van der Waals surface area contributed by atoms with Gasteiger partial charge in [-0.25, -0.2) is 0 Å². The number of ether oxygens (including phenoxy) is 1. The number of hydrogen-bond acceptors (Lipinski definition) is 3. The molecule has 0 spiro atoms. The van der Waals surface area contributed by atoms with Crippen molar-refractivity contribution in [3.8, 4) is 11.5 Å². The van der Waals surface area contributed by atoms with Gasteiger partial charge < -0.3 is 14.9 Å². The maximum absolute atomic E-state index is 9.49. The summed E-state index contributed by atoms with van der Waals surface area (Å²) in [6.07, 6.45) is 0.0729. The van der Waals surface area contributed by atoms with Gasteiger partial charge in [-0.1, -0.05) is 29.8 Å². The van der Waals surface area contributed by atoms with Gasteiger partial charge in [0, 0.05) is 6.61 Å². The molecule has 0 unspecified atom stereocenters. The van der Waals surface area contributed by atoms with Gasteiger partial charge in [-0.2, -0.15) is 0 Å². The van der Waals surface area contributed by atoms with Crippen LogP contribution in [0.3, 0.4) is 0 Å². The van der Waals surface area contributed by atoms with Crippen LogP contribution in [-0.4, -0.2) is 16.8 Å². The van der Waals surface area contributed by atoms with Crippen molar-refractivity contribution < 1.29 is 14.9 Å². The Labute approximate surface area is 123 Å². The monoisotopic (exact) mass is 292 g/mol. The van der Waals surface area contributed by atoms with Crippen LogP contribution in [0.1, 0.15) is 24.2 Å². The molecule has 2 rings (SSSR count). The molecule has 4 heteroatoms. The summed E-state index contributed by atoms with van der Waals surface area (Å²) in [5.41, 5.74) is 1.80. The summed E-state index contributed by atoms with van der Waals surface area (Å²) in [7, 11) is 0. The van der Waals surface area contributed by atoms with Crippen molar-refractivity contribution in [1.29, 1.82) is 0 Å². The van der Waals surface area contributed by atoms with Crippen molar-refractivity contribution in [2.45, 2.75) is 19.4 Å². The summed E-state index contributed by atoms with van der Waals surface area (Å²) in [4.78, 5) is 0. The van der Waals surface area contributed by atoms with Crippen LogP contribution in [0.4, 0.5) is 0 Å². The predicted octanol–water partition coefficient (Wildman–Crippen LogP) is 3.72. The van der Waals surface area contributed by atoms with Gasteiger partial charge in [-0.05, 0) is 48.7 Å². The highest BCUT2D eigenvalue weighted by Gasteiger charge is 2.07. The minimum Gasteiger partial charge on any atom is -0.456 e. The SMILES string of the molecule is C[C@@H](O)c1ccc(Oc2ccc(CCO)cc2)c(Cl)c1. The first-order chi connectivity index (χ1) is 9.60. The zero-order chi connectivity index (χ0) is 14.5. The van der Waals surface area contributed by atoms with Gasteiger partial charge >= 0.3 is 0 Å². The third kappa shape index (κ3) is 3.73. The Bertz CT molecular complexity index is 564. The second-order valence-corrected chi connectivity index (χ2v) is 4.99. The van der Waals surface area contributed by atoms with E-state index in [1.54, 1.807) is 25.1 Å². The van der Waals surface area contributed by atoms with Gasteiger partial charge in [0.2, 0.25) is 0 Å². The molecule has 0 aliphatic carbocycles. The van der Waals surface area contributed by atoms with Crippen LogP contribution in [0.2, 0.25) is 5.02 Å². The summed E-state index contributed by atoms with van der Waals surface area (Å²) in [6.45, 7) is 1.82. The average molecular weight is 293 g/mol. The molecule has 106 valence electrons. The Kier molecular flexibility index (Phi) is 5.01. The summed E-state index contributed by atoms with van der Waals surface area (Å²) in [5, 5.41) is 18.8. The maximum atomic E-state index is 9.49. The molecule has 0 bridgehead atoms. The average Bonchev–Trinajstić information content (AvgIpc) is 2.43. The molecule has 0 heterocycles. The van der Waals surface area contributed by atoms with Crippen LogP contribution in [0, 0.1) is 0 Å². The Morgan fingerprint density at radius 1 is 1.15 bits per heavy atom. The van der Waals surface area contributed by atoms with Crippen molar-refractivity contribution >= 4 is 11.6 Å². The van der Waals surface area contributed by atoms with Gasteiger partial charge in [0.1, 0.15) is 11.5 Å². The molecule has 20 heavy (non-hydrogen) atoms. The lowest BCUT2D eigenvalue weighted by Gasteiger charge is -2.11. The Morgan fingerprint density at radius 3 is 2.40 bits per heavy atom. The van der Waals surface area contributed by atoms with Crippen molar-refractivity contribution in [3.63, 3.8) is 0 Å². The first kappa shape index (κ1) is 14.9. The topological polar surface area (TPSA) is 49.7 Å². The van der Waals surface area contributed by atoms with Gasteiger partial charge in [0.15, 0.2) is 0 Å². The second-order valence-electron chi connectivity index (χ2n) is 4.59. The van der Waals surface area contributed by atoms with E-state index in [4.69, 9.17) is 21.4 Å². The second kappa shape index (κ2) is 6.75. The molecule has 0 aliphatic heterocycles. The molecule has 2 aromatic carbocycles. The van der Waals surface area contributed by atoms with Crippen LogP contribution in [0.5, 0.6) is 11.5 Å². The lowest BCUT2D eigenvalue weighted by molar-refractivity contribution is 0.199. The van der Waals surface area contributed by atoms with E-state index in [-0.39, 0.29) is 6.61 Å². The van der Waals surface area contributed by atoms with Crippen molar-refractivity contribution in [3.05, 3.63) is 58.6 Å². The summed E-state index contributed by atoms with van der Waals surface area (Å²) >= 11 is 6.14. The number of rotatable bonds is 5. The largest absolute Gasteiger partial charge is 0.456 e. The van der Waals surface area contributed by atoms with Gasteiger partial charge in [-0.3, -0.25) is 0 Å². The van der Waals surface area contributed by atoms with Crippen LogP contribution in [-0.2, 0) is 6.42 Å². The summed E-state index contributed by atoms with van der Waals surface area (Å²) < 4.78 is 5.70. The smallest absolute Gasteiger partial charge is 0.146 e. The van der Waals surface area contributed by atoms with E-state index >= 15 is 0 Å². The van der Waals surface area contributed by atoms with E-state index in [0.717, 1.165) is 11.1 Å². The highest BCUT2D eigenvalue weighted by Crippen LogP contribution is 2.31. The molecule has 3 nitrogen and oxygen atoms in total. The Morgan fingerprint density at radius 2 is 1.85 bits per heavy atom. The van der Waals surface area contributed by atoms with Gasteiger partial charge in [-0.15, -0.1) is 0 Å². The number of hydrogen-bond donors (Lipinski definition) is 2. The number of aliphatic hydroxyl groups excluding tert-OH is 2. The van der Waals surface area contributed by atoms with Crippen LogP contribution < -0.4 is 4.74 Å². The van der Waals surface area contributed by atoms with Crippen LogP contribution in [0.15, 0.2) is 42.5 Å². The minimum absolute atomic E-state index is 0.132. The molecule has 0 saturated heterocycles. The molecule has 1 atom stereocenters. The van der Waals surface area contributed by atoms with E-state index in [9.17, 15) is 5.11 Å². The highest BCUT2D eigenvalue weighted by molar-refractivity contribution is 6.32. The zero-order valence-corrected chi connectivity index (χ0v) is 12.0. The van der Waals surface area contributed by atoms with Crippen molar-refractivity contribution in [1.82, 2.24) is 0 Å². The van der Waals surface area contributed by atoms with E-state index < -0.39 is 6.10 Å². The number of halogens is 1.